The van der Waals surface area contributed by atoms with Gasteiger partial charge in [-0.15, -0.1) is 0 Å². The first-order chi connectivity index (χ1) is 10.8. The Bertz CT molecular complexity index is 602. The lowest BCUT2D eigenvalue weighted by Crippen LogP contribution is -2.65. The molecule has 0 aromatic heterocycles. The van der Waals surface area contributed by atoms with Gasteiger partial charge in [0.25, 0.3) is 0 Å². The van der Waals surface area contributed by atoms with E-state index in [4.69, 9.17) is 15.0 Å². The lowest BCUT2D eigenvalue weighted by atomic mass is 9.43. The maximum atomic E-state index is 6.45. The van der Waals surface area contributed by atoms with Gasteiger partial charge in [-0.1, -0.05) is 43.7 Å². The standard InChI is InChI=1S/C19H28BNO2/c1-12-5-7-13(8-6-12)9-17(21)20-22-16-11-14-10-15(18(14,2)3)19(16,4)23-20/h5-8,14-17H,9-11,21H2,1-4H3/t14-,15-,16+,17-,19-/m0/s1. The van der Waals surface area contributed by atoms with Gasteiger partial charge in [-0.25, -0.2) is 0 Å². The van der Waals surface area contributed by atoms with Crippen LogP contribution in [0.5, 0.6) is 0 Å². The molecule has 23 heavy (non-hydrogen) atoms. The van der Waals surface area contributed by atoms with Crippen molar-refractivity contribution in [3.63, 3.8) is 0 Å². The first-order valence-electron chi connectivity index (χ1n) is 8.95. The minimum absolute atomic E-state index is 0.111. The summed E-state index contributed by atoms with van der Waals surface area (Å²) in [6.45, 7) is 9.12. The molecule has 1 aromatic carbocycles. The van der Waals surface area contributed by atoms with Crippen LogP contribution in [0.1, 0.15) is 44.7 Å². The highest BCUT2D eigenvalue weighted by molar-refractivity contribution is 6.47. The molecule has 0 radical (unpaired) electrons. The smallest absolute Gasteiger partial charge is 0.404 e. The zero-order valence-corrected chi connectivity index (χ0v) is 14.7. The van der Waals surface area contributed by atoms with Crippen LogP contribution in [-0.4, -0.2) is 24.8 Å². The van der Waals surface area contributed by atoms with Crippen LogP contribution in [0.25, 0.3) is 0 Å². The van der Waals surface area contributed by atoms with E-state index in [-0.39, 0.29) is 24.8 Å². The molecular formula is C19H28BNO2. The van der Waals surface area contributed by atoms with Crippen molar-refractivity contribution in [1.29, 1.82) is 0 Å². The second kappa shape index (κ2) is 5.08. The van der Waals surface area contributed by atoms with E-state index in [2.05, 4.69) is 52.0 Å². The fraction of sp³-hybridized carbons (Fsp3) is 0.684. The molecule has 0 spiro atoms. The molecule has 3 aliphatic carbocycles. The van der Waals surface area contributed by atoms with Gasteiger partial charge in [-0.05, 0) is 55.9 Å². The van der Waals surface area contributed by atoms with Gasteiger partial charge in [-0.3, -0.25) is 0 Å². The van der Waals surface area contributed by atoms with Crippen LogP contribution in [0.4, 0.5) is 0 Å². The van der Waals surface area contributed by atoms with Crippen LogP contribution < -0.4 is 5.73 Å². The van der Waals surface area contributed by atoms with Crippen LogP contribution in [0, 0.1) is 24.2 Å². The summed E-state index contributed by atoms with van der Waals surface area (Å²) in [7, 11) is -0.276. The van der Waals surface area contributed by atoms with Crippen molar-refractivity contribution < 1.29 is 9.31 Å². The molecule has 1 heterocycles. The van der Waals surface area contributed by atoms with Crippen molar-refractivity contribution in [3.05, 3.63) is 35.4 Å². The Balaban J connectivity index is 1.47. The third-order valence-electron chi connectivity index (χ3n) is 6.91. The summed E-state index contributed by atoms with van der Waals surface area (Å²) in [4.78, 5) is 0. The average Bonchev–Trinajstić information content (AvgIpc) is 2.86. The molecule has 4 heteroatoms. The number of hydrogen-bond donors (Lipinski definition) is 1. The topological polar surface area (TPSA) is 44.5 Å². The van der Waals surface area contributed by atoms with Crippen molar-refractivity contribution in [3.8, 4) is 0 Å². The Labute approximate surface area is 140 Å². The maximum absolute atomic E-state index is 6.45. The molecule has 4 aliphatic rings. The molecule has 124 valence electrons. The number of benzene rings is 1. The Hall–Kier alpha value is -0.835. The lowest BCUT2D eigenvalue weighted by molar-refractivity contribution is -0.199. The predicted molar refractivity (Wildman–Crippen MR) is 93.0 cm³/mol. The normalized spacial score (nSPS) is 38.8. The molecule has 5 rings (SSSR count). The zero-order chi connectivity index (χ0) is 16.4. The molecule has 0 unspecified atom stereocenters. The molecule has 1 saturated heterocycles. The molecule has 0 amide bonds. The molecule has 2 N–H and O–H groups in total. The Morgan fingerprint density at radius 3 is 2.57 bits per heavy atom. The molecule has 3 saturated carbocycles. The van der Waals surface area contributed by atoms with Gasteiger partial charge in [0, 0.05) is 5.94 Å². The highest BCUT2D eigenvalue weighted by Gasteiger charge is 2.68. The summed E-state index contributed by atoms with van der Waals surface area (Å²) in [5.41, 5.74) is 9.18. The molecule has 2 bridgehead atoms. The Kier molecular flexibility index (Phi) is 3.46. The molecule has 1 aliphatic heterocycles. The van der Waals surface area contributed by atoms with Gasteiger partial charge in [-0.2, -0.15) is 0 Å². The monoisotopic (exact) mass is 313 g/mol. The van der Waals surface area contributed by atoms with E-state index in [1.54, 1.807) is 0 Å². The third kappa shape index (κ3) is 2.30. The van der Waals surface area contributed by atoms with Crippen LogP contribution in [0.2, 0.25) is 0 Å². The summed E-state index contributed by atoms with van der Waals surface area (Å²) in [5, 5.41) is 0. The highest BCUT2D eigenvalue weighted by Crippen LogP contribution is 2.65. The van der Waals surface area contributed by atoms with E-state index in [1.807, 2.05) is 0 Å². The van der Waals surface area contributed by atoms with Crippen LogP contribution in [-0.2, 0) is 15.7 Å². The fourth-order valence-corrected chi connectivity index (χ4v) is 5.17. The summed E-state index contributed by atoms with van der Waals surface area (Å²) in [6.07, 6.45) is 3.41. The summed E-state index contributed by atoms with van der Waals surface area (Å²) >= 11 is 0. The molecule has 1 aromatic rings. The second-order valence-corrected chi connectivity index (χ2v) is 8.69. The first kappa shape index (κ1) is 15.7. The summed E-state index contributed by atoms with van der Waals surface area (Å²) in [6, 6.07) is 8.57. The molecular weight excluding hydrogens is 285 g/mol. The molecule has 3 nitrogen and oxygen atoms in total. The van der Waals surface area contributed by atoms with Crippen molar-refractivity contribution in [2.24, 2.45) is 23.0 Å². The average molecular weight is 313 g/mol. The first-order valence-corrected chi connectivity index (χ1v) is 8.95. The van der Waals surface area contributed by atoms with Gasteiger partial charge in [0.1, 0.15) is 0 Å². The van der Waals surface area contributed by atoms with Gasteiger partial charge in [0.05, 0.1) is 11.7 Å². The highest BCUT2D eigenvalue weighted by atomic mass is 16.7. The summed E-state index contributed by atoms with van der Waals surface area (Å²) in [5.74, 6) is 1.26. The van der Waals surface area contributed by atoms with Gasteiger partial charge < -0.3 is 15.0 Å². The minimum Gasteiger partial charge on any atom is -0.404 e. The van der Waals surface area contributed by atoms with Crippen molar-refractivity contribution in [2.75, 3.05) is 0 Å². The SMILES string of the molecule is Cc1ccc(C[C@H](N)B2O[C@@H]3C[C@@H]4C[C@@H](C4(C)C)[C@]3(C)O2)cc1. The third-order valence-corrected chi connectivity index (χ3v) is 6.91. The fourth-order valence-electron chi connectivity index (χ4n) is 5.17. The van der Waals surface area contributed by atoms with Gasteiger partial charge in [0.2, 0.25) is 0 Å². The second-order valence-electron chi connectivity index (χ2n) is 8.69. The predicted octanol–water partition coefficient (Wildman–Crippen LogP) is 3.13. The molecule has 5 atom stereocenters. The quantitative estimate of drug-likeness (QED) is 0.872. The van der Waals surface area contributed by atoms with E-state index in [1.165, 1.54) is 17.5 Å². The minimum atomic E-state index is -0.276. The number of aryl methyl sites for hydroxylation is 1. The van der Waals surface area contributed by atoms with Gasteiger partial charge in [0.15, 0.2) is 0 Å². The number of nitrogens with two attached hydrogens (primary N) is 1. The number of rotatable bonds is 3. The van der Waals surface area contributed by atoms with Crippen molar-refractivity contribution in [2.45, 2.75) is 64.6 Å². The van der Waals surface area contributed by atoms with Gasteiger partial charge >= 0.3 is 7.12 Å². The van der Waals surface area contributed by atoms with E-state index >= 15 is 0 Å². The maximum Gasteiger partial charge on any atom is 0.475 e. The number of hydrogen-bond acceptors (Lipinski definition) is 3. The van der Waals surface area contributed by atoms with E-state index in [9.17, 15) is 0 Å². The van der Waals surface area contributed by atoms with Crippen LogP contribution in [0.15, 0.2) is 24.3 Å². The van der Waals surface area contributed by atoms with Crippen LogP contribution >= 0.6 is 0 Å². The zero-order valence-electron chi connectivity index (χ0n) is 14.7. The van der Waals surface area contributed by atoms with Crippen molar-refractivity contribution in [1.82, 2.24) is 0 Å². The van der Waals surface area contributed by atoms with Crippen LogP contribution in [0.3, 0.4) is 0 Å². The van der Waals surface area contributed by atoms with E-state index in [0.29, 0.717) is 11.3 Å². The Morgan fingerprint density at radius 1 is 1.22 bits per heavy atom. The Morgan fingerprint density at radius 2 is 1.91 bits per heavy atom. The molecule has 4 fully saturated rings. The summed E-state index contributed by atoms with van der Waals surface area (Å²) < 4.78 is 12.7. The largest absolute Gasteiger partial charge is 0.475 e. The lowest BCUT2D eigenvalue weighted by Gasteiger charge is -2.64. The van der Waals surface area contributed by atoms with Crippen molar-refractivity contribution >= 4 is 7.12 Å². The van der Waals surface area contributed by atoms with E-state index < -0.39 is 0 Å². The van der Waals surface area contributed by atoms with E-state index in [0.717, 1.165) is 18.8 Å².